The summed E-state index contributed by atoms with van der Waals surface area (Å²) in [5, 5.41) is 18.1. The van der Waals surface area contributed by atoms with Gasteiger partial charge in [0.1, 0.15) is 0 Å². The second kappa shape index (κ2) is 5.04. The van der Waals surface area contributed by atoms with Gasteiger partial charge in [0.15, 0.2) is 5.82 Å². The summed E-state index contributed by atoms with van der Waals surface area (Å²) >= 11 is 6.18. The monoisotopic (exact) mass is 263 g/mol. The number of hydrogen-bond acceptors (Lipinski definition) is 4. The first-order valence-electron chi connectivity index (χ1n) is 6.03. The standard InChI is InChI=1S/C12H14ClN5/c13-11-4-2-1-3-10(11)8-5-9(6-8)14-7-12-15-17-18-16-12/h1-4,8-9,14H,5-7H2,(H,15,16,17,18). The zero-order valence-electron chi connectivity index (χ0n) is 9.81. The Morgan fingerprint density at radius 3 is 2.89 bits per heavy atom. The largest absolute Gasteiger partial charge is 0.307 e. The molecule has 0 unspecified atom stereocenters. The molecule has 1 aromatic heterocycles. The van der Waals surface area contributed by atoms with Crippen LogP contribution >= 0.6 is 11.6 Å². The SMILES string of the molecule is Clc1ccccc1C1CC(NCc2nn[nH]n2)C1. The van der Waals surface area contributed by atoms with Crippen LogP contribution in [0.2, 0.25) is 5.02 Å². The van der Waals surface area contributed by atoms with Crippen LogP contribution in [0.1, 0.15) is 30.1 Å². The number of rotatable bonds is 4. The van der Waals surface area contributed by atoms with Crippen LogP contribution in [0.4, 0.5) is 0 Å². The molecule has 1 aromatic carbocycles. The average molecular weight is 264 g/mol. The van der Waals surface area contributed by atoms with Crippen LogP contribution in [-0.4, -0.2) is 26.7 Å². The van der Waals surface area contributed by atoms with Crippen molar-refractivity contribution in [2.75, 3.05) is 0 Å². The molecule has 5 nitrogen and oxygen atoms in total. The van der Waals surface area contributed by atoms with E-state index in [2.05, 4.69) is 32.0 Å². The lowest BCUT2D eigenvalue weighted by Gasteiger charge is -2.36. The Hall–Kier alpha value is -1.46. The Bertz CT molecular complexity index is 507. The van der Waals surface area contributed by atoms with E-state index in [4.69, 9.17) is 11.6 Å². The lowest BCUT2D eigenvalue weighted by Crippen LogP contribution is -2.39. The second-order valence-electron chi connectivity index (χ2n) is 4.60. The molecule has 18 heavy (non-hydrogen) atoms. The molecule has 1 aliphatic carbocycles. The maximum atomic E-state index is 6.18. The highest BCUT2D eigenvalue weighted by Gasteiger charge is 2.31. The van der Waals surface area contributed by atoms with Crippen LogP contribution in [0.15, 0.2) is 24.3 Å². The van der Waals surface area contributed by atoms with Gasteiger partial charge in [0, 0.05) is 11.1 Å². The smallest absolute Gasteiger partial charge is 0.188 e. The van der Waals surface area contributed by atoms with Gasteiger partial charge in [-0.25, -0.2) is 0 Å². The topological polar surface area (TPSA) is 66.5 Å². The van der Waals surface area contributed by atoms with E-state index >= 15 is 0 Å². The van der Waals surface area contributed by atoms with Crippen molar-refractivity contribution in [1.29, 1.82) is 0 Å². The molecule has 0 bridgehead atoms. The molecule has 6 heteroatoms. The first-order chi connectivity index (χ1) is 8.83. The number of nitrogens with zero attached hydrogens (tertiary/aromatic N) is 3. The summed E-state index contributed by atoms with van der Waals surface area (Å²) in [4.78, 5) is 0. The van der Waals surface area contributed by atoms with Gasteiger partial charge in [-0.3, -0.25) is 0 Å². The number of nitrogens with one attached hydrogen (secondary N) is 2. The van der Waals surface area contributed by atoms with Gasteiger partial charge in [-0.15, -0.1) is 10.2 Å². The number of halogens is 1. The Kier molecular flexibility index (Phi) is 3.25. The van der Waals surface area contributed by atoms with Gasteiger partial charge in [-0.2, -0.15) is 5.21 Å². The number of tetrazole rings is 1. The van der Waals surface area contributed by atoms with Gasteiger partial charge in [-0.1, -0.05) is 35.0 Å². The van der Waals surface area contributed by atoms with Gasteiger partial charge >= 0.3 is 0 Å². The van der Waals surface area contributed by atoms with E-state index in [9.17, 15) is 0 Å². The highest BCUT2D eigenvalue weighted by atomic mass is 35.5. The van der Waals surface area contributed by atoms with Crippen LogP contribution < -0.4 is 5.32 Å². The minimum absolute atomic E-state index is 0.518. The Labute approximate surface area is 110 Å². The molecule has 3 rings (SSSR count). The number of H-pyrrole nitrogens is 1. The van der Waals surface area contributed by atoms with E-state index in [0.29, 0.717) is 24.3 Å². The summed E-state index contributed by atoms with van der Waals surface area (Å²) < 4.78 is 0. The third-order valence-electron chi connectivity index (χ3n) is 3.42. The molecule has 1 saturated carbocycles. The van der Waals surface area contributed by atoms with Crippen molar-refractivity contribution >= 4 is 11.6 Å². The highest BCUT2D eigenvalue weighted by molar-refractivity contribution is 6.31. The molecule has 0 aliphatic heterocycles. The molecule has 0 amide bonds. The predicted octanol–water partition coefficient (Wildman–Crippen LogP) is 1.89. The summed E-state index contributed by atoms with van der Waals surface area (Å²) in [7, 11) is 0. The van der Waals surface area contributed by atoms with Gasteiger partial charge in [0.05, 0.1) is 6.54 Å². The molecule has 0 saturated heterocycles. The lowest BCUT2D eigenvalue weighted by molar-refractivity contribution is 0.287. The van der Waals surface area contributed by atoms with Crippen molar-refractivity contribution in [1.82, 2.24) is 25.9 Å². The molecule has 1 fully saturated rings. The molecular weight excluding hydrogens is 250 g/mol. The molecule has 1 aliphatic rings. The zero-order valence-corrected chi connectivity index (χ0v) is 10.6. The fourth-order valence-corrected chi connectivity index (χ4v) is 2.63. The van der Waals surface area contributed by atoms with Crippen molar-refractivity contribution < 1.29 is 0 Å². The Morgan fingerprint density at radius 1 is 1.33 bits per heavy atom. The lowest BCUT2D eigenvalue weighted by atomic mass is 9.76. The Morgan fingerprint density at radius 2 is 2.17 bits per heavy atom. The van der Waals surface area contributed by atoms with Crippen molar-refractivity contribution in [2.45, 2.75) is 31.3 Å². The summed E-state index contributed by atoms with van der Waals surface area (Å²) in [5.74, 6) is 1.28. The van der Waals surface area contributed by atoms with Crippen LogP contribution in [-0.2, 0) is 6.54 Å². The minimum atomic E-state index is 0.518. The zero-order chi connectivity index (χ0) is 12.4. The van der Waals surface area contributed by atoms with E-state index < -0.39 is 0 Å². The number of hydrogen-bond donors (Lipinski definition) is 2. The highest BCUT2D eigenvalue weighted by Crippen LogP contribution is 2.39. The van der Waals surface area contributed by atoms with Crippen molar-refractivity contribution in [3.05, 3.63) is 40.7 Å². The molecule has 2 aromatic rings. The van der Waals surface area contributed by atoms with Crippen LogP contribution in [0.5, 0.6) is 0 Å². The first kappa shape index (κ1) is 11.6. The molecule has 1 heterocycles. The van der Waals surface area contributed by atoms with Crippen molar-refractivity contribution in [3.8, 4) is 0 Å². The van der Waals surface area contributed by atoms with Gasteiger partial charge in [0.2, 0.25) is 0 Å². The van der Waals surface area contributed by atoms with Crippen LogP contribution in [0, 0.1) is 0 Å². The molecule has 0 spiro atoms. The molecule has 0 atom stereocenters. The Balaban J connectivity index is 1.50. The fourth-order valence-electron chi connectivity index (χ4n) is 2.34. The summed E-state index contributed by atoms with van der Waals surface area (Å²) in [6, 6.07) is 8.60. The number of aromatic nitrogens is 4. The maximum Gasteiger partial charge on any atom is 0.188 e. The minimum Gasteiger partial charge on any atom is -0.307 e. The third-order valence-corrected chi connectivity index (χ3v) is 3.77. The summed E-state index contributed by atoms with van der Waals surface area (Å²) in [6.45, 7) is 0.663. The number of benzene rings is 1. The van der Waals surface area contributed by atoms with Crippen LogP contribution in [0.3, 0.4) is 0 Å². The van der Waals surface area contributed by atoms with E-state index in [1.807, 2.05) is 18.2 Å². The summed E-state index contributed by atoms with van der Waals surface area (Å²) in [5.41, 5.74) is 1.26. The fraction of sp³-hybridized carbons (Fsp3) is 0.417. The quantitative estimate of drug-likeness (QED) is 0.884. The second-order valence-corrected chi connectivity index (χ2v) is 5.00. The average Bonchev–Trinajstić information content (AvgIpc) is 2.82. The van der Waals surface area contributed by atoms with Crippen molar-refractivity contribution in [2.24, 2.45) is 0 Å². The molecule has 94 valence electrons. The third kappa shape index (κ3) is 2.37. The van der Waals surface area contributed by atoms with Gasteiger partial charge in [0.25, 0.3) is 0 Å². The van der Waals surface area contributed by atoms with Crippen molar-refractivity contribution in [3.63, 3.8) is 0 Å². The van der Waals surface area contributed by atoms with E-state index in [0.717, 1.165) is 17.9 Å². The predicted molar refractivity (Wildman–Crippen MR) is 68.2 cm³/mol. The van der Waals surface area contributed by atoms with E-state index in [1.54, 1.807) is 0 Å². The first-order valence-corrected chi connectivity index (χ1v) is 6.41. The normalized spacial score (nSPS) is 22.7. The van der Waals surface area contributed by atoms with Gasteiger partial charge in [-0.05, 0) is 30.4 Å². The molecule has 2 N–H and O–H groups in total. The van der Waals surface area contributed by atoms with Gasteiger partial charge < -0.3 is 5.32 Å². The molecular formula is C12H14ClN5. The van der Waals surface area contributed by atoms with E-state index in [-0.39, 0.29) is 0 Å². The van der Waals surface area contributed by atoms with Crippen LogP contribution in [0.25, 0.3) is 0 Å². The van der Waals surface area contributed by atoms with E-state index in [1.165, 1.54) is 5.56 Å². The maximum absolute atomic E-state index is 6.18. The number of aromatic amines is 1. The molecule has 0 radical (unpaired) electrons. The summed E-state index contributed by atoms with van der Waals surface area (Å²) in [6.07, 6.45) is 2.23.